The lowest BCUT2D eigenvalue weighted by molar-refractivity contribution is -0.110. The average Bonchev–Trinajstić information content (AvgIpc) is 2.18. The molecule has 2 nitrogen and oxygen atoms in total. The van der Waals surface area contributed by atoms with Crippen LogP contribution in [0.25, 0.3) is 0 Å². The summed E-state index contributed by atoms with van der Waals surface area (Å²) in [6.45, 7) is 7.99. The Balaban J connectivity index is 2.64. The van der Waals surface area contributed by atoms with E-state index in [0.717, 1.165) is 18.5 Å². The molecule has 0 heterocycles. The van der Waals surface area contributed by atoms with Crippen LogP contribution in [0.2, 0.25) is 0 Å². The summed E-state index contributed by atoms with van der Waals surface area (Å²) in [4.78, 5) is 10.5. The van der Waals surface area contributed by atoms with E-state index in [1.807, 2.05) is 52.0 Å². The Morgan fingerprint density at radius 3 is 2.25 bits per heavy atom. The van der Waals surface area contributed by atoms with Gasteiger partial charge in [-0.15, -0.1) is 0 Å². The van der Waals surface area contributed by atoms with E-state index in [1.165, 1.54) is 5.56 Å². The fourth-order valence-corrected chi connectivity index (χ4v) is 1.47. The van der Waals surface area contributed by atoms with Crippen LogP contribution >= 0.6 is 0 Å². The van der Waals surface area contributed by atoms with Crippen molar-refractivity contribution in [2.24, 2.45) is 5.92 Å². The van der Waals surface area contributed by atoms with Crippen molar-refractivity contribution in [2.75, 3.05) is 0 Å². The minimum atomic E-state index is -0.169. The van der Waals surface area contributed by atoms with Crippen LogP contribution < -0.4 is 4.74 Å². The van der Waals surface area contributed by atoms with E-state index in [4.69, 9.17) is 4.74 Å². The van der Waals surface area contributed by atoms with Gasteiger partial charge in [0.05, 0.1) is 0 Å². The van der Waals surface area contributed by atoms with Gasteiger partial charge < -0.3 is 9.53 Å². The van der Waals surface area contributed by atoms with Gasteiger partial charge in [-0.25, -0.2) is 0 Å². The van der Waals surface area contributed by atoms with Crippen molar-refractivity contribution in [3.63, 3.8) is 0 Å². The first-order valence-corrected chi connectivity index (χ1v) is 5.64. The molecule has 0 aliphatic carbocycles. The topological polar surface area (TPSA) is 26.3 Å². The van der Waals surface area contributed by atoms with Crippen molar-refractivity contribution >= 4 is 6.29 Å². The predicted octanol–water partition coefficient (Wildman–Crippen LogP) is 3.24. The zero-order valence-corrected chi connectivity index (χ0v) is 10.5. The van der Waals surface area contributed by atoms with E-state index in [1.54, 1.807) is 0 Å². The van der Waals surface area contributed by atoms with Crippen molar-refractivity contribution < 1.29 is 9.53 Å². The second kappa shape index (κ2) is 5.15. The van der Waals surface area contributed by atoms with Crippen LogP contribution in [0.1, 0.15) is 33.3 Å². The normalized spacial score (nSPS) is 13.2. The van der Waals surface area contributed by atoms with Crippen LogP contribution in [0.4, 0.5) is 0 Å². The van der Waals surface area contributed by atoms with E-state index >= 15 is 0 Å². The van der Waals surface area contributed by atoms with Gasteiger partial charge in [0.2, 0.25) is 0 Å². The Bertz CT molecular complexity index is 333. The number of hydrogen-bond acceptors (Lipinski definition) is 2. The number of rotatable bonds is 4. The van der Waals surface area contributed by atoms with Crippen molar-refractivity contribution in [1.82, 2.24) is 0 Å². The fourth-order valence-electron chi connectivity index (χ4n) is 1.47. The van der Waals surface area contributed by atoms with Crippen molar-refractivity contribution in [3.8, 4) is 5.75 Å². The molecule has 16 heavy (non-hydrogen) atoms. The molecule has 0 aliphatic heterocycles. The van der Waals surface area contributed by atoms with Crippen LogP contribution in [0.15, 0.2) is 24.3 Å². The maximum atomic E-state index is 10.5. The first-order valence-electron chi connectivity index (χ1n) is 5.64. The standard InChI is InChI=1S/C14H20O2/c1-11(10-15)9-12-5-7-13(8-6-12)16-14(2,3)4/h5-8,10-11H,9H2,1-4H3/t11-/m1/s1. The zero-order valence-electron chi connectivity index (χ0n) is 10.5. The number of benzene rings is 1. The lowest BCUT2D eigenvalue weighted by Gasteiger charge is -2.21. The number of hydrogen-bond donors (Lipinski definition) is 0. The van der Waals surface area contributed by atoms with Gasteiger partial charge in [0.15, 0.2) is 0 Å². The first kappa shape index (κ1) is 12.8. The Kier molecular flexibility index (Phi) is 4.11. The third kappa shape index (κ3) is 4.47. The fraction of sp³-hybridized carbons (Fsp3) is 0.500. The van der Waals surface area contributed by atoms with Gasteiger partial charge in [-0.2, -0.15) is 0 Å². The quantitative estimate of drug-likeness (QED) is 0.728. The molecular formula is C14H20O2. The number of carbonyl (C=O) groups excluding carboxylic acids is 1. The molecular weight excluding hydrogens is 200 g/mol. The third-order valence-electron chi connectivity index (χ3n) is 2.14. The van der Waals surface area contributed by atoms with Crippen LogP contribution in [0.3, 0.4) is 0 Å². The van der Waals surface area contributed by atoms with Gasteiger partial charge in [0.1, 0.15) is 17.6 Å². The summed E-state index contributed by atoms with van der Waals surface area (Å²) in [7, 11) is 0. The second-order valence-electron chi connectivity index (χ2n) is 5.18. The van der Waals surface area contributed by atoms with Gasteiger partial charge in [0, 0.05) is 5.92 Å². The molecule has 0 aromatic heterocycles. The largest absolute Gasteiger partial charge is 0.488 e. The predicted molar refractivity (Wildman–Crippen MR) is 65.8 cm³/mol. The molecule has 0 saturated carbocycles. The molecule has 1 atom stereocenters. The van der Waals surface area contributed by atoms with Crippen molar-refractivity contribution in [3.05, 3.63) is 29.8 Å². The minimum Gasteiger partial charge on any atom is -0.488 e. The molecule has 1 rings (SSSR count). The lowest BCUT2D eigenvalue weighted by atomic mass is 10.0. The summed E-state index contributed by atoms with van der Waals surface area (Å²) in [5.41, 5.74) is 0.998. The highest BCUT2D eigenvalue weighted by molar-refractivity contribution is 5.53. The molecule has 0 unspecified atom stereocenters. The molecule has 0 fully saturated rings. The van der Waals surface area contributed by atoms with E-state index in [-0.39, 0.29) is 11.5 Å². The summed E-state index contributed by atoms with van der Waals surface area (Å²) in [6, 6.07) is 7.94. The highest BCUT2D eigenvalue weighted by Gasteiger charge is 2.11. The monoisotopic (exact) mass is 220 g/mol. The van der Waals surface area contributed by atoms with Gasteiger partial charge in [-0.05, 0) is 44.9 Å². The average molecular weight is 220 g/mol. The molecule has 0 bridgehead atoms. The molecule has 0 amide bonds. The van der Waals surface area contributed by atoms with Crippen LogP contribution in [0, 0.1) is 5.92 Å². The summed E-state index contributed by atoms with van der Waals surface area (Å²) in [6.07, 6.45) is 1.78. The molecule has 1 aromatic rings. The Hall–Kier alpha value is -1.31. The summed E-state index contributed by atoms with van der Waals surface area (Å²) < 4.78 is 5.72. The van der Waals surface area contributed by atoms with Crippen molar-refractivity contribution in [2.45, 2.75) is 39.7 Å². The molecule has 0 aliphatic rings. The molecule has 2 heteroatoms. The van der Waals surface area contributed by atoms with E-state index in [9.17, 15) is 4.79 Å². The summed E-state index contributed by atoms with van der Waals surface area (Å²) in [5.74, 6) is 0.949. The molecule has 88 valence electrons. The van der Waals surface area contributed by atoms with Gasteiger partial charge in [-0.3, -0.25) is 0 Å². The van der Waals surface area contributed by atoms with Gasteiger partial charge >= 0.3 is 0 Å². The zero-order chi connectivity index (χ0) is 12.2. The third-order valence-corrected chi connectivity index (χ3v) is 2.14. The maximum absolute atomic E-state index is 10.5. The maximum Gasteiger partial charge on any atom is 0.123 e. The first-order chi connectivity index (χ1) is 7.40. The summed E-state index contributed by atoms with van der Waals surface area (Å²) in [5, 5.41) is 0. The second-order valence-corrected chi connectivity index (χ2v) is 5.18. The van der Waals surface area contributed by atoms with Crippen LogP contribution in [0.5, 0.6) is 5.75 Å². The molecule has 0 N–H and O–H groups in total. The number of carbonyl (C=O) groups is 1. The van der Waals surface area contributed by atoms with E-state index < -0.39 is 0 Å². The van der Waals surface area contributed by atoms with Gasteiger partial charge in [-0.1, -0.05) is 19.1 Å². The molecule has 0 spiro atoms. The van der Waals surface area contributed by atoms with E-state index in [0.29, 0.717) is 0 Å². The lowest BCUT2D eigenvalue weighted by Crippen LogP contribution is -2.22. The Morgan fingerprint density at radius 2 is 1.81 bits per heavy atom. The highest BCUT2D eigenvalue weighted by atomic mass is 16.5. The number of aldehydes is 1. The molecule has 0 saturated heterocycles. The highest BCUT2D eigenvalue weighted by Crippen LogP contribution is 2.19. The molecule has 1 aromatic carbocycles. The van der Waals surface area contributed by atoms with Crippen LogP contribution in [-0.2, 0) is 11.2 Å². The summed E-state index contributed by atoms with van der Waals surface area (Å²) >= 11 is 0. The van der Waals surface area contributed by atoms with Crippen LogP contribution in [-0.4, -0.2) is 11.9 Å². The van der Waals surface area contributed by atoms with E-state index in [2.05, 4.69) is 0 Å². The Labute approximate surface area is 97.6 Å². The number of ether oxygens (including phenoxy) is 1. The Morgan fingerprint density at radius 1 is 1.25 bits per heavy atom. The molecule has 0 radical (unpaired) electrons. The SMILES string of the molecule is C[C@@H](C=O)Cc1ccc(OC(C)(C)C)cc1. The minimum absolute atomic E-state index is 0.0781. The van der Waals surface area contributed by atoms with Gasteiger partial charge in [0.25, 0.3) is 0 Å². The van der Waals surface area contributed by atoms with Crippen molar-refractivity contribution in [1.29, 1.82) is 0 Å². The smallest absolute Gasteiger partial charge is 0.123 e.